The van der Waals surface area contributed by atoms with E-state index in [1.807, 2.05) is 48.5 Å². The number of hydrogen-bond donors (Lipinski definition) is 1. The minimum Gasteiger partial charge on any atom is -0.468 e. The van der Waals surface area contributed by atoms with Crippen molar-refractivity contribution in [1.29, 1.82) is 0 Å². The van der Waals surface area contributed by atoms with Crippen LogP contribution in [0.1, 0.15) is 100.0 Å². The summed E-state index contributed by atoms with van der Waals surface area (Å²) in [4.78, 5) is 50.2. The Morgan fingerprint density at radius 3 is 1.83 bits per heavy atom. The van der Waals surface area contributed by atoms with Gasteiger partial charge in [-0.15, -0.1) is 0 Å². The molecule has 0 aliphatic heterocycles. The summed E-state index contributed by atoms with van der Waals surface area (Å²) in [6.45, 7) is 16.8. The van der Waals surface area contributed by atoms with Crippen LogP contribution in [0.2, 0.25) is 0 Å². The molecular formula is C31H49NO9. The Bertz CT molecular complexity index is 1050. The molecule has 1 aromatic rings. The number of nitrogens with two attached hydrogens (primary N) is 1. The molecule has 10 nitrogen and oxygen atoms in total. The standard InChI is InChI=1S/C31H49NO9/c1-11-12-20(2)38-28(36)39-21(3)16-31(32,27(35)37-10)17-22-13-14-23(40-25(33)18-29(4,5)6)24(15-22)41-26(34)19-30(7,8)9/h13-15,20-21H,11-12,16-19,32H2,1-10H3/t20-,21-,31?/m0/s1. The van der Waals surface area contributed by atoms with Gasteiger partial charge in [0.2, 0.25) is 0 Å². The molecule has 0 heterocycles. The van der Waals surface area contributed by atoms with E-state index in [-0.39, 0.29) is 54.1 Å². The number of carbonyl (C=O) groups excluding carboxylic acids is 4. The molecule has 0 aliphatic rings. The minimum absolute atomic E-state index is 0.0315. The van der Waals surface area contributed by atoms with E-state index >= 15 is 0 Å². The van der Waals surface area contributed by atoms with Gasteiger partial charge in [-0.25, -0.2) is 4.79 Å². The Kier molecular flexibility index (Phi) is 13.3. The fourth-order valence-corrected chi connectivity index (χ4v) is 4.18. The summed E-state index contributed by atoms with van der Waals surface area (Å²) in [6.07, 6.45) is -0.238. The monoisotopic (exact) mass is 579 g/mol. The lowest BCUT2D eigenvalue weighted by Crippen LogP contribution is -2.53. The molecule has 1 unspecified atom stereocenters. The highest BCUT2D eigenvalue weighted by Gasteiger charge is 2.38. The highest BCUT2D eigenvalue weighted by atomic mass is 16.7. The molecule has 2 N–H and O–H groups in total. The molecule has 0 spiro atoms. The van der Waals surface area contributed by atoms with E-state index in [1.165, 1.54) is 19.2 Å². The van der Waals surface area contributed by atoms with Gasteiger partial charge in [-0.1, -0.05) is 61.0 Å². The van der Waals surface area contributed by atoms with E-state index < -0.39 is 35.7 Å². The molecule has 3 atom stereocenters. The topological polar surface area (TPSA) is 140 Å². The van der Waals surface area contributed by atoms with Crippen molar-refractivity contribution < 1.29 is 42.9 Å². The summed E-state index contributed by atoms with van der Waals surface area (Å²) in [7, 11) is 1.22. The predicted molar refractivity (Wildman–Crippen MR) is 155 cm³/mol. The van der Waals surface area contributed by atoms with Crippen molar-refractivity contribution in [3.63, 3.8) is 0 Å². The molecule has 41 heavy (non-hydrogen) atoms. The quantitative estimate of drug-likeness (QED) is 0.222. The fourth-order valence-electron chi connectivity index (χ4n) is 4.18. The zero-order chi connectivity index (χ0) is 31.6. The second-order valence-electron chi connectivity index (χ2n) is 13.1. The van der Waals surface area contributed by atoms with E-state index in [4.69, 9.17) is 29.4 Å². The summed E-state index contributed by atoms with van der Waals surface area (Å²) in [5.74, 6) is -1.59. The first kappa shape index (κ1) is 35.9. The van der Waals surface area contributed by atoms with E-state index in [1.54, 1.807) is 19.9 Å². The highest BCUT2D eigenvalue weighted by Crippen LogP contribution is 2.33. The summed E-state index contributed by atoms with van der Waals surface area (Å²) in [5.41, 5.74) is 4.81. The molecule has 0 fully saturated rings. The molecule has 0 saturated carbocycles. The van der Waals surface area contributed by atoms with Crippen molar-refractivity contribution in [2.24, 2.45) is 16.6 Å². The number of ether oxygens (including phenoxy) is 5. The second kappa shape index (κ2) is 15.2. The maximum absolute atomic E-state index is 12.8. The summed E-state index contributed by atoms with van der Waals surface area (Å²) in [6, 6.07) is 4.63. The van der Waals surface area contributed by atoms with E-state index in [0.29, 0.717) is 12.0 Å². The van der Waals surface area contributed by atoms with Gasteiger partial charge in [-0.2, -0.15) is 0 Å². The van der Waals surface area contributed by atoms with Gasteiger partial charge in [0.15, 0.2) is 11.5 Å². The summed E-state index contributed by atoms with van der Waals surface area (Å²) in [5, 5.41) is 0. The van der Waals surface area contributed by atoms with Gasteiger partial charge in [0.25, 0.3) is 0 Å². The lowest BCUT2D eigenvalue weighted by atomic mass is 9.86. The van der Waals surface area contributed by atoms with Gasteiger partial charge < -0.3 is 29.4 Å². The molecule has 1 rings (SSSR count). The van der Waals surface area contributed by atoms with Crippen molar-refractivity contribution in [3.8, 4) is 11.5 Å². The van der Waals surface area contributed by atoms with Crippen LogP contribution in [-0.4, -0.2) is 48.9 Å². The average molecular weight is 580 g/mol. The highest BCUT2D eigenvalue weighted by molar-refractivity contribution is 5.81. The SMILES string of the molecule is CCC[C@H](C)OC(=O)O[C@@H](C)CC(N)(Cc1ccc(OC(=O)CC(C)(C)C)c(OC(=O)CC(C)(C)C)c1)C(=O)OC. The molecule has 0 aliphatic carbocycles. The van der Waals surface area contributed by atoms with Crippen LogP contribution in [0.3, 0.4) is 0 Å². The van der Waals surface area contributed by atoms with E-state index in [0.717, 1.165) is 6.42 Å². The van der Waals surface area contributed by atoms with Crippen LogP contribution in [0.25, 0.3) is 0 Å². The van der Waals surface area contributed by atoms with Crippen LogP contribution >= 0.6 is 0 Å². The van der Waals surface area contributed by atoms with Crippen LogP contribution in [0, 0.1) is 10.8 Å². The molecule has 10 heteroatoms. The molecule has 0 bridgehead atoms. The Labute approximate surface area is 244 Å². The Morgan fingerprint density at radius 1 is 0.829 bits per heavy atom. The third-order valence-corrected chi connectivity index (χ3v) is 5.86. The second-order valence-corrected chi connectivity index (χ2v) is 13.1. The van der Waals surface area contributed by atoms with Crippen LogP contribution in [0.15, 0.2) is 18.2 Å². The molecule has 0 aromatic heterocycles. The average Bonchev–Trinajstić information content (AvgIpc) is 2.77. The van der Waals surface area contributed by atoms with Crippen LogP contribution in [0.5, 0.6) is 11.5 Å². The molecular weight excluding hydrogens is 530 g/mol. The van der Waals surface area contributed by atoms with Gasteiger partial charge in [0.1, 0.15) is 17.7 Å². The van der Waals surface area contributed by atoms with Gasteiger partial charge in [0, 0.05) is 12.8 Å². The fraction of sp³-hybridized carbons (Fsp3) is 0.677. The summed E-state index contributed by atoms with van der Waals surface area (Å²) < 4.78 is 26.7. The van der Waals surface area contributed by atoms with Crippen molar-refractivity contribution in [2.45, 2.75) is 119 Å². The Morgan fingerprint density at radius 2 is 1.34 bits per heavy atom. The smallest absolute Gasteiger partial charge is 0.468 e. The Balaban J connectivity index is 3.25. The minimum atomic E-state index is -1.60. The number of rotatable bonds is 13. The third kappa shape index (κ3) is 13.9. The Hall–Kier alpha value is -3.14. The molecule has 0 radical (unpaired) electrons. The van der Waals surface area contributed by atoms with Crippen LogP contribution in [0.4, 0.5) is 4.79 Å². The molecule has 0 saturated heterocycles. The lowest BCUT2D eigenvalue weighted by molar-refractivity contribution is -0.148. The third-order valence-electron chi connectivity index (χ3n) is 5.86. The lowest BCUT2D eigenvalue weighted by Gasteiger charge is -2.29. The zero-order valence-corrected chi connectivity index (χ0v) is 26.4. The summed E-state index contributed by atoms with van der Waals surface area (Å²) >= 11 is 0. The number of carbonyl (C=O) groups is 4. The number of hydrogen-bond acceptors (Lipinski definition) is 10. The van der Waals surface area contributed by atoms with Gasteiger partial charge in [-0.05, 0) is 48.8 Å². The van der Waals surface area contributed by atoms with E-state index in [2.05, 4.69) is 0 Å². The number of benzene rings is 1. The molecule has 0 amide bonds. The van der Waals surface area contributed by atoms with Gasteiger partial charge in [0.05, 0.1) is 20.0 Å². The predicted octanol–water partition coefficient (Wildman–Crippen LogP) is 5.90. The molecule has 232 valence electrons. The maximum atomic E-state index is 12.8. The van der Waals surface area contributed by atoms with Crippen molar-refractivity contribution in [1.82, 2.24) is 0 Å². The number of methoxy groups -OCH3 is 1. The largest absolute Gasteiger partial charge is 0.508 e. The number of esters is 3. The zero-order valence-electron chi connectivity index (χ0n) is 26.4. The van der Waals surface area contributed by atoms with Crippen molar-refractivity contribution in [2.75, 3.05) is 7.11 Å². The van der Waals surface area contributed by atoms with Crippen LogP contribution in [-0.2, 0) is 35.0 Å². The van der Waals surface area contributed by atoms with Crippen molar-refractivity contribution in [3.05, 3.63) is 23.8 Å². The first-order chi connectivity index (χ1) is 18.8. The first-order valence-electron chi connectivity index (χ1n) is 14.1. The maximum Gasteiger partial charge on any atom is 0.508 e. The van der Waals surface area contributed by atoms with Gasteiger partial charge >= 0.3 is 24.1 Å². The van der Waals surface area contributed by atoms with Crippen molar-refractivity contribution >= 4 is 24.1 Å². The van der Waals surface area contributed by atoms with Gasteiger partial charge in [-0.3, -0.25) is 14.4 Å². The van der Waals surface area contributed by atoms with Crippen LogP contribution < -0.4 is 15.2 Å². The first-order valence-corrected chi connectivity index (χ1v) is 14.1. The normalized spacial score (nSPS) is 14.7. The molecule has 1 aromatic carbocycles. The van der Waals surface area contributed by atoms with E-state index in [9.17, 15) is 19.2 Å².